The summed E-state index contributed by atoms with van der Waals surface area (Å²) in [5, 5.41) is 13.0. The standard InChI is InChI=1S/C14H12O3S/c1-17-14(16)13(11-6-7-18-9-11)8-10-2-4-12(15)5-3-10/h2-9,15H,1H3. The molecule has 0 aliphatic rings. The molecule has 18 heavy (non-hydrogen) atoms. The Morgan fingerprint density at radius 3 is 2.56 bits per heavy atom. The molecule has 0 bridgehead atoms. The third-order valence-corrected chi connectivity index (χ3v) is 3.12. The predicted molar refractivity (Wildman–Crippen MR) is 72.3 cm³/mol. The lowest BCUT2D eigenvalue weighted by Gasteiger charge is -2.03. The molecule has 0 unspecified atom stereocenters. The second-order valence-corrected chi connectivity index (χ2v) is 4.43. The van der Waals surface area contributed by atoms with E-state index in [2.05, 4.69) is 0 Å². The molecule has 3 nitrogen and oxygen atoms in total. The molecule has 0 aliphatic heterocycles. The van der Waals surface area contributed by atoms with Gasteiger partial charge in [-0.1, -0.05) is 12.1 Å². The van der Waals surface area contributed by atoms with Crippen molar-refractivity contribution in [3.05, 3.63) is 52.2 Å². The second kappa shape index (κ2) is 5.51. The van der Waals surface area contributed by atoms with Crippen molar-refractivity contribution >= 4 is 29.0 Å². The van der Waals surface area contributed by atoms with Crippen LogP contribution in [0.15, 0.2) is 41.1 Å². The number of hydrogen-bond donors (Lipinski definition) is 1. The molecule has 0 amide bonds. The zero-order chi connectivity index (χ0) is 13.0. The largest absolute Gasteiger partial charge is 0.508 e. The van der Waals surface area contributed by atoms with E-state index in [1.807, 2.05) is 16.8 Å². The molecule has 1 aromatic carbocycles. The highest BCUT2D eigenvalue weighted by atomic mass is 32.1. The van der Waals surface area contributed by atoms with Crippen LogP contribution in [0.1, 0.15) is 11.1 Å². The van der Waals surface area contributed by atoms with Crippen LogP contribution in [0.2, 0.25) is 0 Å². The average molecular weight is 260 g/mol. The molecule has 2 rings (SSSR count). The van der Waals surface area contributed by atoms with Gasteiger partial charge >= 0.3 is 5.97 Å². The molecule has 0 aliphatic carbocycles. The number of hydrogen-bond acceptors (Lipinski definition) is 4. The van der Waals surface area contributed by atoms with Gasteiger partial charge in [0, 0.05) is 0 Å². The highest BCUT2D eigenvalue weighted by Gasteiger charge is 2.12. The van der Waals surface area contributed by atoms with Crippen molar-refractivity contribution in [3.63, 3.8) is 0 Å². The first-order valence-electron chi connectivity index (χ1n) is 5.32. The lowest BCUT2D eigenvalue weighted by molar-refractivity contribution is -0.133. The van der Waals surface area contributed by atoms with E-state index in [4.69, 9.17) is 4.74 Å². The molecule has 1 N–H and O–H groups in total. The lowest BCUT2D eigenvalue weighted by Crippen LogP contribution is -2.02. The summed E-state index contributed by atoms with van der Waals surface area (Å²) >= 11 is 1.52. The van der Waals surface area contributed by atoms with E-state index in [0.717, 1.165) is 11.1 Å². The zero-order valence-electron chi connectivity index (χ0n) is 9.79. The van der Waals surface area contributed by atoms with Gasteiger partial charge in [-0.25, -0.2) is 4.79 Å². The van der Waals surface area contributed by atoms with E-state index in [-0.39, 0.29) is 11.7 Å². The van der Waals surface area contributed by atoms with Gasteiger partial charge in [-0.3, -0.25) is 0 Å². The number of rotatable bonds is 3. The number of aromatic hydroxyl groups is 1. The molecule has 0 saturated heterocycles. The van der Waals surface area contributed by atoms with Gasteiger partial charge in [0.05, 0.1) is 12.7 Å². The summed E-state index contributed by atoms with van der Waals surface area (Å²) in [6.07, 6.45) is 1.74. The second-order valence-electron chi connectivity index (χ2n) is 3.65. The first-order valence-corrected chi connectivity index (χ1v) is 6.26. The summed E-state index contributed by atoms with van der Waals surface area (Å²) in [5.41, 5.74) is 2.17. The topological polar surface area (TPSA) is 46.5 Å². The van der Waals surface area contributed by atoms with Crippen LogP contribution in [-0.4, -0.2) is 18.2 Å². The number of benzene rings is 1. The van der Waals surface area contributed by atoms with Crippen LogP contribution in [0.4, 0.5) is 0 Å². The van der Waals surface area contributed by atoms with Gasteiger partial charge in [-0.2, -0.15) is 11.3 Å². The highest BCUT2D eigenvalue weighted by molar-refractivity contribution is 7.08. The van der Waals surface area contributed by atoms with Crippen LogP contribution < -0.4 is 0 Å². The van der Waals surface area contributed by atoms with Gasteiger partial charge in [0.1, 0.15) is 5.75 Å². The minimum Gasteiger partial charge on any atom is -0.508 e. The third kappa shape index (κ3) is 2.78. The maximum Gasteiger partial charge on any atom is 0.338 e. The van der Waals surface area contributed by atoms with Crippen molar-refractivity contribution in [2.45, 2.75) is 0 Å². The molecule has 0 saturated carbocycles. The molecule has 0 fully saturated rings. The number of ether oxygens (including phenoxy) is 1. The highest BCUT2D eigenvalue weighted by Crippen LogP contribution is 2.22. The Kier molecular flexibility index (Phi) is 3.79. The SMILES string of the molecule is COC(=O)C(=Cc1ccc(O)cc1)c1ccsc1. The fourth-order valence-electron chi connectivity index (χ4n) is 1.53. The van der Waals surface area contributed by atoms with Gasteiger partial charge in [0.15, 0.2) is 0 Å². The Balaban J connectivity index is 2.40. The zero-order valence-corrected chi connectivity index (χ0v) is 10.6. The minimum absolute atomic E-state index is 0.197. The van der Waals surface area contributed by atoms with E-state index in [1.165, 1.54) is 18.4 Å². The van der Waals surface area contributed by atoms with Crippen molar-refractivity contribution in [1.82, 2.24) is 0 Å². The van der Waals surface area contributed by atoms with Crippen LogP contribution in [0.3, 0.4) is 0 Å². The Morgan fingerprint density at radius 1 is 1.28 bits per heavy atom. The predicted octanol–water partition coefficient (Wildman–Crippen LogP) is 3.17. The molecule has 1 aromatic heterocycles. The Hall–Kier alpha value is -2.07. The normalized spacial score (nSPS) is 11.3. The molecule has 2 aromatic rings. The number of methoxy groups -OCH3 is 1. The number of phenols is 1. The summed E-state index contributed by atoms with van der Waals surface area (Å²) in [4.78, 5) is 11.7. The van der Waals surface area contributed by atoms with Crippen LogP contribution in [0.5, 0.6) is 5.75 Å². The molecule has 0 spiro atoms. The van der Waals surface area contributed by atoms with Crippen LogP contribution in [0.25, 0.3) is 11.6 Å². The number of carbonyl (C=O) groups is 1. The first-order chi connectivity index (χ1) is 8.70. The van der Waals surface area contributed by atoms with Crippen molar-refractivity contribution < 1.29 is 14.6 Å². The fourth-order valence-corrected chi connectivity index (χ4v) is 2.18. The van der Waals surface area contributed by atoms with Crippen molar-refractivity contribution in [1.29, 1.82) is 0 Å². The van der Waals surface area contributed by atoms with E-state index in [0.29, 0.717) is 5.57 Å². The van der Waals surface area contributed by atoms with E-state index < -0.39 is 0 Å². The summed E-state index contributed by atoms with van der Waals surface area (Å²) in [6.45, 7) is 0. The molecule has 92 valence electrons. The van der Waals surface area contributed by atoms with Gasteiger partial charge in [-0.15, -0.1) is 0 Å². The summed E-state index contributed by atoms with van der Waals surface area (Å²) in [5.74, 6) is -0.177. The van der Waals surface area contributed by atoms with Crippen molar-refractivity contribution in [2.75, 3.05) is 7.11 Å². The maximum atomic E-state index is 11.7. The number of thiophene rings is 1. The van der Waals surface area contributed by atoms with Crippen molar-refractivity contribution in [2.24, 2.45) is 0 Å². The monoisotopic (exact) mass is 260 g/mol. The van der Waals surface area contributed by atoms with Gasteiger partial charge in [-0.05, 0) is 46.2 Å². The molecule has 0 atom stereocenters. The number of carbonyl (C=O) groups excluding carboxylic acids is 1. The Labute approximate surface area is 109 Å². The quantitative estimate of drug-likeness (QED) is 0.681. The van der Waals surface area contributed by atoms with Gasteiger partial charge < -0.3 is 9.84 Å². The molecular formula is C14H12O3S. The summed E-state index contributed by atoms with van der Waals surface area (Å²) < 4.78 is 4.78. The average Bonchev–Trinajstić information content (AvgIpc) is 2.91. The smallest absolute Gasteiger partial charge is 0.338 e. The maximum absolute atomic E-state index is 11.7. The van der Waals surface area contributed by atoms with Crippen LogP contribution in [0, 0.1) is 0 Å². The number of phenolic OH excluding ortho intramolecular Hbond substituents is 1. The van der Waals surface area contributed by atoms with Gasteiger partial charge in [0.2, 0.25) is 0 Å². The van der Waals surface area contributed by atoms with Crippen LogP contribution in [-0.2, 0) is 9.53 Å². The van der Waals surface area contributed by atoms with E-state index in [1.54, 1.807) is 30.3 Å². The molecule has 1 heterocycles. The molecule has 0 radical (unpaired) electrons. The summed E-state index contributed by atoms with van der Waals surface area (Å²) in [6, 6.07) is 8.51. The first kappa shape index (κ1) is 12.4. The van der Waals surface area contributed by atoms with Crippen LogP contribution >= 0.6 is 11.3 Å². The molecular weight excluding hydrogens is 248 g/mol. The fraction of sp³-hybridized carbons (Fsp3) is 0.0714. The van der Waals surface area contributed by atoms with Gasteiger partial charge in [0.25, 0.3) is 0 Å². The Bertz CT molecular complexity index is 553. The molecule has 4 heteroatoms. The van der Waals surface area contributed by atoms with E-state index >= 15 is 0 Å². The third-order valence-electron chi connectivity index (χ3n) is 2.44. The summed E-state index contributed by atoms with van der Waals surface area (Å²) in [7, 11) is 1.36. The number of esters is 1. The van der Waals surface area contributed by atoms with E-state index in [9.17, 15) is 9.90 Å². The lowest BCUT2D eigenvalue weighted by atomic mass is 10.1. The Morgan fingerprint density at radius 2 is 2.00 bits per heavy atom. The van der Waals surface area contributed by atoms with Crippen molar-refractivity contribution in [3.8, 4) is 5.75 Å². The minimum atomic E-state index is -0.374.